The van der Waals surface area contributed by atoms with Gasteiger partial charge in [0.1, 0.15) is 0 Å². The highest BCUT2D eigenvalue weighted by molar-refractivity contribution is 7.91. The van der Waals surface area contributed by atoms with E-state index < -0.39 is 27.8 Å². The molecule has 1 aromatic rings. The van der Waals surface area contributed by atoms with Gasteiger partial charge in [-0.25, -0.2) is 13.2 Å². The summed E-state index contributed by atoms with van der Waals surface area (Å²) in [6, 6.07) is 5.46. The quantitative estimate of drug-likeness (QED) is 0.674. The van der Waals surface area contributed by atoms with Crippen LogP contribution >= 0.6 is 11.6 Å². The highest BCUT2D eigenvalue weighted by Gasteiger charge is 2.18. The van der Waals surface area contributed by atoms with Crippen molar-refractivity contribution in [2.75, 3.05) is 25.9 Å². The van der Waals surface area contributed by atoms with Crippen LogP contribution in [-0.4, -0.2) is 56.3 Å². The molecule has 0 aliphatic carbocycles. The summed E-state index contributed by atoms with van der Waals surface area (Å²) in [6.07, 6.45) is 0.249. The lowest BCUT2D eigenvalue weighted by molar-refractivity contribution is -0.141. The van der Waals surface area contributed by atoms with Gasteiger partial charge in [0.2, 0.25) is 0 Å². The van der Waals surface area contributed by atoms with E-state index in [-0.39, 0.29) is 30.2 Å². The van der Waals surface area contributed by atoms with Crippen molar-refractivity contribution in [3.05, 3.63) is 29.3 Å². The van der Waals surface area contributed by atoms with Gasteiger partial charge in [0.05, 0.1) is 16.6 Å². The molecule has 0 radical (unpaired) electrons. The lowest BCUT2D eigenvalue weighted by Gasteiger charge is -2.19. The molecule has 1 atom stereocenters. The Morgan fingerprint density at radius 2 is 1.88 bits per heavy atom. The fourth-order valence-corrected chi connectivity index (χ4v) is 3.36. The molecule has 2 N–H and O–H groups in total. The molecule has 0 heterocycles. The molecule has 0 aromatic heterocycles. The third-order valence-electron chi connectivity index (χ3n) is 3.35. The molecular formula is C15H21ClN2O5S. The second-order valence-corrected chi connectivity index (χ2v) is 8.02. The highest BCUT2D eigenvalue weighted by atomic mass is 35.5. The van der Waals surface area contributed by atoms with Crippen molar-refractivity contribution < 1.29 is 23.1 Å². The minimum atomic E-state index is -3.43. The molecule has 2 amide bonds. The van der Waals surface area contributed by atoms with Crippen LogP contribution in [0.25, 0.3) is 0 Å². The van der Waals surface area contributed by atoms with Crippen LogP contribution in [0, 0.1) is 5.92 Å². The van der Waals surface area contributed by atoms with Gasteiger partial charge in [-0.05, 0) is 30.7 Å². The maximum Gasteiger partial charge on any atom is 0.317 e. The number of carboxylic acid groups (broad SMARTS) is 1. The van der Waals surface area contributed by atoms with Gasteiger partial charge in [0.15, 0.2) is 9.84 Å². The Hall–Kier alpha value is -1.80. The van der Waals surface area contributed by atoms with Gasteiger partial charge in [-0.3, -0.25) is 4.79 Å². The molecule has 0 aliphatic rings. The van der Waals surface area contributed by atoms with Crippen LogP contribution in [0.4, 0.5) is 4.79 Å². The van der Waals surface area contributed by atoms with E-state index in [0.29, 0.717) is 5.02 Å². The summed E-state index contributed by atoms with van der Waals surface area (Å²) in [5.41, 5.74) is 0. The van der Waals surface area contributed by atoms with Gasteiger partial charge in [-0.1, -0.05) is 18.5 Å². The number of amides is 2. The van der Waals surface area contributed by atoms with Gasteiger partial charge in [-0.2, -0.15) is 0 Å². The summed E-state index contributed by atoms with van der Waals surface area (Å²) in [6.45, 7) is 1.76. The topological polar surface area (TPSA) is 104 Å². The number of benzene rings is 1. The van der Waals surface area contributed by atoms with Crippen LogP contribution < -0.4 is 5.32 Å². The van der Waals surface area contributed by atoms with E-state index in [0.717, 1.165) is 0 Å². The maximum absolute atomic E-state index is 12.1. The van der Waals surface area contributed by atoms with Gasteiger partial charge < -0.3 is 15.3 Å². The molecule has 0 aliphatic heterocycles. The van der Waals surface area contributed by atoms with Crippen LogP contribution in [0.5, 0.6) is 0 Å². The number of carbonyl (C=O) groups is 2. The van der Waals surface area contributed by atoms with Crippen molar-refractivity contribution in [1.82, 2.24) is 10.2 Å². The lowest BCUT2D eigenvalue weighted by Crippen LogP contribution is -2.41. The van der Waals surface area contributed by atoms with Crippen LogP contribution in [0.3, 0.4) is 0 Å². The largest absolute Gasteiger partial charge is 0.481 e. The molecule has 9 heteroatoms. The predicted molar refractivity (Wildman–Crippen MR) is 91.0 cm³/mol. The van der Waals surface area contributed by atoms with E-state index in [2.05, 4.69) is 5.32 Å². The van der Waals surface area contributed by atoms with Gasteiger partial charge in [0, 0.05) is 25.2 Å². The Bertz CT molecular complexity index is 676. The maximum atomic E-state index is 12.1. The van der Waals surface area contributed by atoms with Crippen LogP contribution in [0.2, 0.25) is 5.02 Å². The van der Waals surface area contributed by atoms with Gasteiger partial charge in [0.25, 0.3) is 0 Å². The number of carbonyl (C=O) groups excluding carboxylic acids is 1. The SMILES string of the molecule is CC(CN(C)C(=O)NCCCS(=O)(=O)c1ccc(Cl)cc1)C(=O)O. The number of hydrogen-bond acceptors (Lipinski definition) is 4. The number of aliphatic carboxylic acids is 1. The third-order valence-corrected chi connectivity index (χ3v) is 5.42. The number of hydrogen-bond donors (Lipinski definition) is 2. The number of urea groups is 1. The normalized spacial score (nSPS) is 12.5. The molecule has 24 heavy (non-hydrogen) atoms. The number of rotatable bonds is 8. The minimum Gasteiger partial charge on any atom is -0.481 e. The Morgan fingerprint density at radius 3 is 2.42 bits per heavy atom. The van der Waals surface area contributed by atoms with Crippen molar-refractivity contribution in [3.63, 3.8) is 0 Å². The zero-order chi connectivity index (χ0) is 18.3. The van der Waals surface area contributed by atoms with E-state index >= 15 is 0 Å². The second-order valence-electron chi connectivity index (χ2n) is 5.48. The highest BCUT2D eigenvalue weighted by Crippen LogP contribution is 2.15. The smallest absolute Gasteiger partial charge is 0.317 e. The molecule has 134 valence electrons. The Kier molecular flexibility index (Phi) is 7.50. The lowest BCUT2D eigenvalue weighted by atomic mass is 10.2. The molecule has 0 saturated heterocycles. The van der Waals surface area contributed by atoms with Crippen molar-refractivity contribution in [3.8, 4) is 0 Å². The molecule has 1 unspecified atom stereocenters. The van der Waals surface area contributed by atoms with E-state index in [1.54, 1.807) is 0 Å². The Morgan fingerprint density at radius 1 is 1.29 bits per heavy atom. The molecular weight excluding hydrogens is 356 g/mol. The third kappa shape index (κ3) is 6.37. The average molecular weight is 377 g/mol. The van der Waals surface area contributed by atoms with E-state index in [1.165, 1.54) is 43.1 Å². The van der Waals surface area contributed by atoms with Gasteiger partial charge >= 0.3 is 12.0 Å². The van der Waals surface area contributed by atoms with Crippen LogP contribution in [-0.2, 0) is 14.6 Å². The summed E-state index contributed by atoms with van der Waals surface area (Å²) < 4.78 is 24.2. The number of carboxylic acids is 1. The molecule has 0 spiro atoms. The van der Waals surface area contributed by atoms with Crippen molar-refractivity contribution in [2.45, 2.75) is 18.2 Å². The van der Waals surface area contributed by atoms with E-state index in [4.69, 9.17) is 16.7 Å². The van der Waals surface area contributed by atoms with Crippen molar-refractivity contribution in [2.24, 2.45) is 5.92 Å². The molecule has 0 saturated carbocycles. The Balaban J connectivity index is 2.41. The van der Waals surface area contributed by atoms with E-state index in [9.17, 15) is 18.0 Å². The van der Waals surface area contributed by atoms with Crippen LogP contribution in [0.15, 0.2) is 29.2 Å². The molecule has 7 nitrogen and oxygen atoms in total. The summed E-state index contributed by atoms with van der Waals surface area (Å²) in [7, 11) is -1.94. The first-order valence-corrected chi connectivity index (χ1v) is 9.36. The molecule has 1 rings (SSSR count). The monoisotopic (exact) mass is 376 g/mol. The van der Waals surface area contributed by atoms with Crippen LogP contribution in [0.1, 0.15) is 13.3 Å². The summed E-state index contributed by atoms with van der Waals surface area (Å²) in [4.78, 5) is 24.0. The Labute approximate surface area is 146 Å². The summed E-state index contributed by atoms with van der Waals surface area (Å²) >= 11 is 5.72. The number of sulfone groups is 1. The number of nitrogens with zero attached hydrogens (tertiary/aromatic N) is 1. The molecule has 0 fully saturated rings. The summed E-state index contributed by atoms with van der Waals surface area (Å²) in [5.74, 6) is -1.76. The fourth-order valence-electron chi connectivity index (χ4n) is 1.92. The average Bonchev–Trinajstić information content (AvgIpc) is 2.51. The van der Waals surface area contributed by atoms with Gasteiger partial charge in [-0.15, -0.1) is 0 Å². The zero-order valence-corrected chi connectivity index (χ0v) is 15.1. The first-order valence-electron chi connectivity index (χ1n) is 7.33. The second kappa shape index (κ2) is 8.89. The first kappa shape index (κ1) is 20.2. The summed E-state index contributed by atoms with van der Waals surface area (Å²) in [5, 5.41) is 11.8. The zero-order valence-electron chi connectivity index (χ0n) is 13.5. The number of nitrogens with one attached hydrogen (secondary N) is 1. The van der Waals surface area contributed by atoms with E-state index in [1.807, 2.05) is 0 Å². The minimum absolute atomic E-state index is 0.0737. The first-order chi connectivity index (χ1) is 11.1. The number of halogens is 1. The fraction of sp³-hybridized carbons (Fsp3) is 0.467. The van der Waals surface area contributed by atoms with Crippen molar-refractivity contribution >= 4 is 33.4 Å². The molecule has 1 aromatic carbocycles. The standard InChI is InChI=1S/C15H21ClN2O5S/c1-11(14(19)20)10-18(2)15(21)17-8-3-9-24(22,23)13-6-4-12(16)5-7-13/h4-7,11H,3,8-10H2,1-2H3,(H,17,21)(H,19,20). The molecule has 0 bridgehead atoms. The van der Waals surface area contributed by atoms with Crippen molar-refractivity contribution in [1.29, 1.82) is 0 Å². The predicted octanol–water partition coefficient (Wildman–Crippen LogP) is 1.87.